The van der Waals surface area contributed by atoms with E-state index in [0.29, 0.717) is 10.8 Å². The van der Waals surface area contributed by atoms with Gasteiger partial charge in [0.2, 0.25) is 0 Å². The van der Waals surface area contributed by atoms with Gasteiger partial charge in [-0.3, -0.25) is 0 Å². The zero-order chi connectivity index (χ0) is 14.7. The van der Waals surface area contributed by atoms with E-state index in [9.17, 15) is 9.90 Å². The topological polar surface area (TPSA) is 94.0 Å². The molecule has 0 aliphatic rings. The molecule has 0 bridgehead atoms. The number of thioether (sulfide) groups is 1. The normalized spacial score (nSPS) is 10.7. The maximum absolute atomic E-state index is 11.3. The maximum atomic E-state index is 11.3. The smallest absolute Gasteiger partial charge is 0.342 e. The molecule has 2 aromatic heterocycles. The van der Waals surface area contributed by atoms with Gasteiger partial charge in [-0.05, 0) is 40.2 Å². The van der Waals surface area contributed by atoms with Crippen molar-refractivity contribution < 1.29 is 9.90 Å². The van der Waals surface area contributed by atoms with E-state index in [1.165, 1.54) is 16.4 Å². The molecule has 6 nitrogen and oxygen atoms in total. The molecule has 2 rings (SSSR count). The number of nitrogens with zero attached hydrogens (tertiary/aromatic N) is 3. The van der Waals surface area contributed by atoms with Crippen molar-refractivity contribution in [3.05, 3.63) is 28.4 Å². The summed E-state index contributed by atoms with van der Waals surface area (Å²) in [5.74, 6) is 0.275. The van der Waals surface area contributed by atoms with Gasteiger partial charge in [-0.25, -0.2) is 9.78 Å². The molecule has 0 fully saturated rings. The summed E-state index contributed by atoms with van der Waals surface area (Å²) in [6, 6.07) is 3.51. The van der Waals surface area contributed by atoms with E-state index in [-0.39, 0.29) is 11.4 Å². The zero-order valence-corrected chi connectivity index (χ0v) is 13.1. The van der Waals surface area contributed by atoms with E-state index in [2.05, 4.69) is 26.0 Å². The number of pyridine rings is 1. The predicted octanol–water partition coefficient (Wildman–Crippen LogP) is 2.81. The van der Waals surface area contributed by atoms with Crippen molar-refractivity contribution in [2.24, 2.45) is 0 Å². The van der Waals surface area contributed by atoms with Gasteiger partial charge in [0, 0.05) is 10.7 Å². The number of carboxylic acid groups (broad SMARTS) is 1. The van der Waals surface area contributed by atoms with Crippen LogP contribution in [0.2, 0.25) is 0 Å². The Morgan fingerprint density at radius 3 is 2.85 bits per heavy atom. The molecule has 106 valence electrons. The third kappa shape index (κ3) is 2.96. The van der Waals surface area contributed by atoms with Crippen molar-refractivity contribution in [2.45, 2.75) is 18.4 Å². The molecule has 0 saturated heterocycles. The van der Waals surface area contributed by atoms with Gasteiger partial charge in [0.15, 0.2) is 5.82 Å². The Bertz CT molecular complexity index is 627. The largest absolute Gasteiger partial charge is 0.477 e. The molecular formula is C12H13BrN4O2S. The number of aromatic nitrogens is 3. The molecule has 0 amide bonds. The summed E-state index contributed by atoms with van der Waals surface area (Å²) in [7, 11) is 0. The van der Waals surface area contributed by atoms with Crippen molar-refractivity contribution in [1.29, 1.82) is 0 Å². The molecule has 0 atom stereocenters. The van der Waals surface area contributed by atoms with Crippen LogP contribution in [0.1, 0.15) is 23.7 Å². The van der Waals surface area contributed by atoms with Crippen LogP contribution in [0.15, 0.2) is 27.8 Å². The molecule has 0 spiro atoms. The Kier molecular flexibility index (Phi) is 4.66. The van der Waals surface area contributed by atoms with Crippen molar-refractivity contribution in [1.82, 2.24) is 14.8 Å². The van der Waals surface area contributed by atoms with Crippen LogP contribution in [0.25, 0.3) is 5.82 Å². The first-order valence-electron chi connectivity index (χ1n) is 5.91. The van der Waals surface area contributed by atoms with E-state index >= 15 is 0 Å². The molecule has 2 heterocycles. The van der Waals surface area contributed by atoms with Crippen molar-refractivity contribution >= 4 is 39.5 Å². The van der Waals surface area contributed by atoms with Crippen molar-refractivity contribution in [3.63, 3.8) is 0 Å². The van der Waals surface area contributed by atoms with E-state index in [1.807, 2.05) is 6.92 Å². The van der Waals surface area contributed by atoms with E-state index in [0.717, 1.165) is 16.6 Å². The minimum atomic E-state index is -1.08. The fourth-order valence-electron chi connectivity index (χ4n) is 1.58. The summed E-state index contributed by atoms with van der Waals surface area (Å²) in [4.78, 5) is 15.5. The lowest BCUT2D eigenvalue weighted by atomic mass is 10.3. The van der Waals surface area contributed by atoms with Crippen LogP contribution in [0.5, 0.6) is 0 Å². The summed E-state index contributed by atoms with van der Waals surface area (Å²) >= 11 is 4.67. The third-order valence-electron chi connectivity index (χ3n) is 2.47. The number of halogens is 1. The highest BCUT2D eigenvalue weighted by Gasteiger charge is 2.22. The first kappa shape index (κ1) is 14.9. The zero-order valence-electron chi connectivity index (χ0n) is 10.7. The van der Waals surface area contributed by atoms with Crippen LogP contribution in [0.4, 0.5) is 5.82 Å². The lowest BCUT2D eigenvalue weighted by molar-refractivity contribution is 0.0694. The Hall–Kier alpha value is -1.54. The van der Waals surface area contributed by atoms with Gasteiger partial charge in [0.05, 0.1) is 0 Å². The van der Waals surface area contributed by atoms with E-state index in [1.54, 1.807) is 18.3 Å². The van der Waals surface area contributed by atoms with E-state index in [4.69, 9.17) is 5.73 Å². The van der Waals surface area contributed by atoms with Gasteiger partial charge in [0.1, 0.15) is 16.4 Å². The molecule has 0 aliphatic carbocycles. The van der Waals surface area contributed by atoms with Gasteiger partial charge in [-0.2, -0.15) is 9.78 Å². The summed E-state index contributed by atoms with van der Waals surface area (Å²) in [5, 5.41) is 14.0. The Morgan fingerprint density at radius 2 is 2.30 bits per heavy atom. The lowest BCUT2D eigenvalue weighted by Crippen LogP contribution is -2.06. The summed E-state index contributed by atoms with van der Waals surface area (Å²) in [6.07, 6.45) is 2.53. The highest BCUT2D eigenvalue weighted by molar-refractivity contribution is 9.10. The molecule has 20 heavy (non-hydrogen) atoms. The lowest BCUT2D eigenvalue weighted by Gasteiger charge is -2.02. The molecule has 0 aliphatic heterocycles. The van der Waals surface area contributed by atoms with Crippen LogP contribution < -0.4 is 5.73 Å². The highest BCUT2D eigenvalue weighted by atomic mass is 79.9. The number of hydrogen-bond donors (Lipinski definition) is 2. The Labute approximate surface area is 128 Å². The average Bonchev–Trinajstić information content (AvgIpc) is 2.74. The summed E-state index contributed by atoms with van der Waals surface area (Å²) in [5.41, 5.74) is 5.94. The average molecular weight is 357 g/mol. The standard InChI is InChI=1S/C12H13BrN4O2S/c1-2-5-20-11-9(12(18)19)10(14)17(16-11)8-4-3-7(13)6-15-8/h3-4,6H,2,5,14H2,1H3,(H,18,19). The fraction of sp³-hybridized carbons (Fsp3) is 0.250. The first-order chi connectivity index (χ1) is 9.54. The number of carbonyl (C=O) groups is 1. The second kappa shape index (κ2) is 6.27. The van der Waals surface area contributed by atoms with Crippen molar-refractivity contribution in [3.8, 4) is 5.82 Å². The molecule has 2 aromatic rings. The maximum Gasteiger partial charge on any atom is 0.342 e. The summed E-state index contributed by atoms with van der Waals surface area (Å²) < 4.78 is 2.18. The number of nitrogens with two attached hydrogens (primary N) is 1. The molecular weight excluding hydrogens is 344 g/mol. The Morgan fingerprint density at radius 1 is 1.55 bits per heavy atom. The second-order valence-electron chi connectivity index (χ2n) is 3.97. The van der Waals surface area contributed by atoms with Gasteiger partial charge in [-0.1, -0.05) is 6.92 Å². The van der Waals surface area contributed by atoms with Crippen LogP contribution >= 0.6 is 27.7 Å². The molecule has 8 heteroatoms. The number of rotatable bonds is 5. The van der Waals surface area contributed by atoms with Crippen LogP contribution in [-0.4, -0.2) is 31.6 Å². The quantitative estimate of drug-likeness (QED) is 0.800. The van der Waals surface area contributed by atoms with Crippen molar-refractivity contribution in [2.75, 3.05) is 11.5 Å². The fourth-order valence-corrected chi connectivity index (χ4v) is 2.69. The Balaban J connectivity index is 2.48. The monoisotopic (exact) mass is 356 g/mol. The molecule has 0 unspecified atom stereocenters. The second-order valence-corrected chi connectivity index (χ2v) is 5.96. The SMILES string of the molecule is CCCSc1nn(-c2ccc(Br)cn2)c(N)c1C(=O)O. The number of hydrogen-bond acceptors (Lipinski definition) is 5. The number of anilines is 1. The summed E-state index contributed by atoms with van der Waals surface area (Å²) in [6.45, 7) is 2.02. The highest BCUT2D eigenvalue weighted by Crippen LogP contribution is 2.28. The molecule has 0 saturated carbocycles. The number of aromatic carboxylic acids is 1. The molecule has 0 radical (unpaired) electrons. The van der Waals surface area contributed by atoms with Crippen LogP contribution in [0, 0.1) is 0 Å². The minimum absolute atomic E-state index is 0.0353. The number of carboxylic acids is 1. The van der Waals surface area contributed by atoms with E-state index < -0.39 is 5.97 Å². The minimum Gasteiger partial charge on any atom is -0.477 e. The number of nitrogen functional groups attached to an aromatic ring is 1. The third-order valence-corrected chi connectivity index (χ3v) is 4.12. The molecule has 0 aromatic carbocycles. The van der Waals surface area contributed by atoms with Crippen LogP contribution in [0.3, 0.4) is 0 Å². The van der Waals surface area contributed by atoms with Gasteiger partial charge < -0.3 is 10.8 Å². The van der Waals surface area contributed by atoms with Gasteiger partial charge in [0.25, 0.3) is 0 Å². The predicted molar refractivity (Wildman–Crippen MR) is 81.4 cm³/mol. The van der Waals surface area contributed by atoms with Gasteiger partial charge >= 0.3 is 5.97 Å². The van der Waals surface area contributed by atoms with Crippen LogP contribution in [-0.2, 0) is 0 Å². The van der Waals surface area contributed by atoms with Gasteiger partial charge in [-0.15, -0.1) is 11.8 Å². The first-order valence-corrected chi connectivity index (χ1v) is 7.69. The molecule has 3 N–H and O–H groups in total.